The number of rotatable bonds is 4. The lowest BCUT2D eigenvalue weighted by Crippen LogP contribution is -2.32. The van der Waals surface area contributed by atoms with Crippen LogP contribution in [-0.4, -0.2) is 4.57 Å². The highest BCUT2D eigenvalue weighted by Gasteiger charge is 2.68. The number of hydrogen-bond donors (Lipinski definition) is 0. The summed E-state index contributed by atoms with van der Waals surface area (Å²) in [4.78, 5) is 2.72. The monoisotopic (exact) mass is 660 g/mol. The summed E-state index contributed by atoms with van der Waals surface area (Å²) in [7, 11) is 0. The first-order valence-corrected chi connectivity index (χ1v) is 19.9. The quantitative estimate of drug-likeness (QED) is 0.186. The number of hydrogen-bond acceptors (Lipinski definition) is 1. The predicted octanol–water partition coefficient (Wildman–Crippen LogP) is 12.8. The van der Waals surface area contributed by atoms with E-state index in [0.717, 1.165) is 24.7 Å². The molecule has 0 bridgehead atoms. The Morgan fingerprint density at radius 3 is 2.53 bits per heavy atom. The highest BCUT2D eigenvalue weighted by molar-refractivity contribution is 6.10. The molecule has 250 valence electrons. The number of anilines is 2. The third kappa shape index (κ3) is 3.64. The molecule has 7 aliphatic rings. The second-order valence-corrected chi connectivity index (χ2v) is 16.3. The molecule has 51 heavy (non-hydrogen) atoms. The number of nitrogens with zero attached hydrogens (tertiary/aromatic N) is 2. The Balaban J connectivity index is 1.12. The van der Waals surface area contributed by atoms with Crippen LogP contribution in [0.15, 0.2) is 143 Å². The van der Waals surface area contributed by atoms with E-state index in [4.69, 9.17) is 0 Å². The van der Waals surface area contributed by atoms with Gasteiger partial charge in [-0.25, -0.2) is 0 Å². The summed E-state index contributed by atoms with van der Waals surface area (Å²) >= 11 is 0. The maximum absolute atomic E-state index is 2.72. The summed E-state index contributed by atoms with van der Waals surface area (Å²) in [6.07, 6.45) is 24.1. The Hall–Kier alpha value is -4.82. The van der Waals surface area contributed by atoms with Gasteiger partial charge in [-0.3, -0.25) is 0 Å². The molecule has 4 aromatic carbocycles. The van der Waals surface area contributed by atoms with Gasteiger partial charge in [0.15, 0.2) is 0 Å². The zero-order valence-electron chi connectivity index (χ0n) is 29.4. The molecule has 1 aromatic heterocycles. The zero-order chi connectivity index (χ0) is 33.3. The van der Waals surface area contributed by atoms with Gasteiger partial charge < -0.3 is 9.47 Å². The van der Waals surface area contributed by atoms with Crippen LogP contribution in [0.1, 0.15) is 81.8 Å². The van der Waals surface area contributed by atoms with Crippen LogP contribution in [0, 0.1) is 17.8 Å². The lowest BCUT2D eigenvalue weighted by Gasteiger charge is -2.36. The molecule has 2 nitrogen and oxygen atoms in total. The zero-order valence-corrected chi connectivity index (χ0v) is 29.4. The van der Waals surface area contributed by atoms with Gasteiger partial charge in [-0.15, -0.1) is 0 Å². The summed E-state index contributed by atoms with van der Waals surface area (Å²) in [5.74, 6) is 2.14. The standard InChI is InChI=1S/C49H44N2/c1-3-14-31(15-4-1)50(33-28-29-44-40(30-33)35-19-8-10-26-43(35)51(44)32-16-5-2-6-17-32)45-27-13-25-42-46(45)39-23-12-22-38-37-21-11-20-36-34-18-7-9-24-41(34)49(42,47(36)37)48(38)39/h2,5-8,10,13-14,16-19,23,25-30,37-38,48H,1,3-4,9,11-12,15,20-22,24H2. The molecule has 0 amide bonds. The minimum Gasteiger partial charge on any atom is -0.314 e. The number of fused-ring (bicyclic) bond motifs is 7. The highest BCUT2D eigenvalue weighted by atomic mass is 15.2. The second kappa shape index (κ2) is 10.6. The Labute approximate surface area is 301 Å². The first-order valence-electron chi connectivity index (χ1n) is 19.9. The maximum Gasteiger partial charge on any atom is 0.0542 e. The fourth-order valence-electron chi connectivity index (χ4n) is 12.6. The van der Waals surface area contributed by atoms with E-state index < -0.39 is 0 Å². The number of aromatic nitrogens is 1. The molecule has 4 unspecified atom stereocenters. The van der Waals surface area contributed by atoms with Gasteiger partial charge >= 0.3 is 0 Å². The van der Waals surface area contributed by atoms with Crippen molar-refractivity contribution in [3.8, 4) is 5.69 Å². The van der Waals surface area contributed by atoms with E-state index >= 15 is 0 Å². The maximum atomic E-state index is 2.72. The van der Waals surface area contributed by atoms with E-state index in [2.05, 4.69) is 125 Å². The molecule has 1 spiro atoms. The minimum atomic E-state index is 0.0858. The lowest BCUT2D eigenvalue weighted by molar-refractivity contribution is 0.298. The van der Waals surface area contributed by atoms with E-state index in [9.17, 15) is 0 Å². The third-order valence-corrected chi connectivity index (χ3v) is 14.1. The van der Waals surface area contributed by atoms with Gasteiger partial charge in [-0.1, -0.05) is 72.8 Å². The Morgan fingerprint density at radius 1 is 0.706 bits per heavy atom. The summed E-state index contributed by atoms with van der Waals surface area (Å²) in [5, 5.41) is 2.65. The average molecular weight is 661 g/mol. The molecule has 1 heterocycles. The molecule has 12 rings (SSSR count). The van der Waals surface area contributed by atoms with Crippen LogP contribution in [-0.2, 0) is 5.41 Å². The van der Waals surface area contributed by atoms with Crippen molar-refractivity contribution in [2.24, 2.45) is 17.8 Å². The van der Waals surface area contributed by atoms with E-state index in [-0.39, 0.29) is 5.41 Å². The van der Waals surface area contributed by atoms with Crippen LogP contribution in [0.3, 0.4) is 0 Å². The molecule has 7 aliphatic carbocycles. The number of para-hydroxylation sites is 2. The van der Waals surface area contributed by atoms with Gasteiger partial charge in [0.2, 0.25) is 0 Å². The van der Waals surface area contributed by atoms with Gasteiger partial charge in [0.25, 0.3) is 0 Å². The van der Waals surface area contributed by atoms with E-state index in [1.807, 2.05) is 5.57 Å². The third-order valence-electron chi connectivity index (χ3n) is 14.1. The van der Waals surface area contributed by atoms with Gasteiger partial charge in [0.1, 0.15) is 0 Å². The Morgan fingerprint density at radius 2 is 1.61 bits per heavy atom. The van der Waals surface area contributed by atoms with Crippen molar-refractivity contribution in [3.05, 3.63) is 154 Å². The SMILES string of the molecule is C1=CC2=C(CC1)C13C4=C2CCCC4C2CCC=C(c4c(N(C5=CCCCC5)c5ccc6c(c5)c5ccccc5n6-c5ccccc5)cccc41)C23. The minimum absolute atomic E-state index is 0.0858. The fourth-order valence-corrected chi connectivity index (χ4v) is 12.6. The molecule has 1 saturated carbocycles. The van der Waals surface area contributed by atoms with Crippen molar-refractivity contribution in [1.29, 1.82) is 0 Å². The van der Waals surface area contributed by atoms with Gasteiger partial charge in [0.05, 0.1) is 16.7 Å². The first kappa shape index (κ1) is 28.8. The van der Waals surface area contributed by atoms with Crippen LogP contribution >= 0.6 is 0 Å². The molecule has 1 fully saturated rings. The van der Waals surface area contributed by atoms with E-state index in [0.29, 0.717) is 5.92 Å². The van der Waals surface area contributed by atoms with Crippen molar-refractivity contribution in [2.45, 2.75) is 76.0 Å². The molecular formula is C49H44N2. The largest absolute Gasteiger partial charge is 0.314 e. The lowest BCUT2D eigenvalue weighted by atomic mass is 9.65. The number of benzene rings is 4. The summed E-state index contributed by atoms with van der Waals surface area (Å²) in [5.41, 5.74) is 20.0. The Kier molecular flexibility index (Phi) is 6.00. The smallest absolute Gasteiger partial charge is 0.0542 e. The van der Waals surface area contributed by atoms with Crippen molar-refractivity contribution >= 4 is 38.8 Å². The second-order valence-electron chi connectivity index (χ2n) is 16.3. The van der Waals surface area contributed by atoms with Crippen LogP contribution in [0.25, 0.3) is 33.1 Å². The summed E-state index contributed by atoms with van der Waals surface area (Å²) in [6.45, 7) is 0. The van der Waals surface area contributed by atoms with E-state index in [1.165, 1.54) is 102 Å². The average Bonchev–Trinajstić information content (AvgIpc) is 3.89. The fraction of sp³-hybridized carbons (Fsp3) is 0.306. The number of allylic oxidation sites excluding steroid dienone is 10. The van der Waals surface area contributed by atoms with Crippen LogP contribution in [0.5, 0.6) is 0 Å². The topological polar surface area (TPSA) is 8.17 Å². The molecule has 5 aromatic rings. The molecule has 4 atom stereocenters. The summed E-state index contributed by atoms with van der Waals surface area (Å²) < 4.78 is 2.45. The van der Waals surface area contributed by atoms with Crippen molar-refractivity contribution in [1.82, 2.24) is 4.57 Å². The molecule has 0 saturated heterocycles. The normalized spacial score (nSPS) is 27.0. The molecule has 0 N–H and O–H groups in total. The van der Waals surface area contributed by atoms with Crippen LogP contribution in [0.4, 0.5) is 11.4 Å². The van der Waals surface area contributed by atoms with Crippen molar-refractivity contribution in [2.75, 3.05) is 4.90 Å². The van der Waals surface area contributed by atoms with Gasteiger partial charge in [-0.2, -0.15) is 0 Å². The van der Waals surface area contributed by atoms with Crippen LogP contribution in [0.2, 0.25) is 0 Å². The first-order chi connectivity index (χ1) is 25.3. The highest BCUT2D eigenvalue weighted by Crippen LogP contribution is 2.76. The Bertz CT molecular complexity index is 2480. The molecule has 2 heteroatoms. The summed E-state index contributed by atoms with van der Waals surface area (Å²) in [6, 6.07) is 34.7. The molecule has 0 radical (unpaired) electrons. The van der Waals surface area contributed by atoms with Crippen molar-refractivity contribution < 1.29 is 0 Å². The molecule has 0 aliphatic heterocycles. The van der Waals surface area contributed by atoms with Crippen LogP contribution < -0.4 is 4.90 Å². The van der Waals surface area contributed by atoms with E-state index in [1.54, 1.807) is 33.4 Å². The predicted molar refractivity (Wildman–Crippen MR) is 212 cm³/mol. The van der Waals surface area contributed by atoms with Gasteiger partial charge in [0, 0.05) is 44.7 Å². The van der Waals surface area contributed by atoms with Crippen molar-refractivity contribution in [3.63, 3.8) is 0 Å². The molecular weight excluding hydrogens is 617 g/mol. The van der Waals surface area contributed by atoms with Gasteiger partial charge in [-0.05, 0) is 158 Å².